The molecule has 0 saturated carbocycles. The fraction of sp³-hybridized carbons (Fsp3) is 0.348. The summed E-state index contributed by atoms with van der Waals surface area (Å²) < 4.78 is 0. The van der Waals surface area contributed by atoms with Gasteiger partial charge >= 0.3 is 0 Å². The molecule has 1 aromatic heterocycles. The summed E-state index contributed by atoms with van der Waals surface area (Å²) in [6.07, 6.45) is 2.56. The Morgan fingerprint density at radius 1 is 1.15 bits per heavy atom. The van der Waals surface area contributed by atoms with Crippen LogP contribution in [0.1, 0.15) is 30.9 Å². The van der Waals surface area contributed by atoms with E-state index in [0.29, 0.717) is 0 Å². The topological polar surface area (TPSA) is 37.3 Å². The Kier molecular flexibility index (Phi) is 4.64. The first-order chi connectivity index (χ1) is 12.6. The Hall–Kier alpha value is -2.39. The molecule has 2 heterocycles. The van der Waals surface area contributed by atoms with E-state index >= 15 is 0 Å². The molecule has 2 aromatic carbocycles. The number of piperidine rings is 1. The van der Waals surface area contributed by atoms with Crippen molar-refractivity contribution in [2.45, 2.75) is 33.2 Å². The van der Waals surface area contributed by atoms with Gasteiger partial charge in [0, 0.05) is 16.8 Å². The van der Waals surface area contributed by atoms with Crippen molar-refractivity contribution in [1.82, 2.24) is 4.98 Å². The molecule has 0 bridgehead atoms. The predicted octanol–water partition coefficient (Wildman–Crippen LogP) is 3.32. The number of pyridine rings is 1. The van der Waals surface area contributed by atoms with Gasteiger partial charge in [-0.15, -0.1) is 0 Å². The van der Waals surface area contributed by atoms with E-state index in [1.807, 2.05) is 37.3 Å². The molecular weight excluding hydrogens is 320 g/mol. The number of hydrogen-bond acceptors (Lipinski definition) is 1. The normalized spacial score (nSPS) is 20.4. The lowest BCUT2D eigenvalue weighted by Gasteiger charge is -2.28. The van der Waals surface area contributed by atoms with E-state index in [9.17, 15) is 4.79 Å². The highest BCUT2D eigenvalue weighted by Crippen LogP contribution is 2.23. The standard InChI is InChI=1S/C23H26N2O/c1-16-10-11-21-19(13-16)23(26)20(15-25-12-6-7-17(2)14-25)22(24-21)18-8-4-3-5-9-18/h3-5,8-11,13,17H,6-7,12,14-15H2,1-2H3,(H,24,26)/p+1. The third kappa shape index (κ3) is 3.32. The fourth-order valence-corrected chi connectivity index (χ4v) is 4.27. The minimum atomic E-state index is 0.187. The van der Waals surface area contributed by atoms with Gasteiger partial charge in [-0.05, 0) is 37.5 Å². The molecule has 4 rings (SSSR count). The van der Waals surface area contributed by atoms with Crippen molar-refractivity contribution in [3.8, 4) is 11.3 Å². The Labute approximate surface area is 154 Å². The predicted molar refractivity (Wildman–Crippen MR) is 108 cm³/mol. The molecule has 2 N–H and O–H groups in total. The molecule has 0 amide bonds. The number of nitrogens with one attached hydrogen (secondary N) is 2. The molecular formula is C23H27N2O+. The van der Waals surface area contributed by atoms with E-state index in [-0.39, 0.29) is 5.43 Å². The lowest BCUT2D eigenvalue weighted by atomic mass is 9.97. The minimum absolute atomic E-state index is 0.187. The van der Waals surface area contributed by atoms with Gasteiger partial charge in [0.2, 0.25) is 0 Å². The van der Waals surface area contributed by atoms with E-state index < -0.39 is 0 Å². The number of rotatable bonds is 3. The molecule has 3 heteroatoms. The van der Waals surface area contributed by atoms with Crippen molar-refractivity contribution in [1.29, 1.82) is 0 Å². The van der Waals surface area contributed by atoms with Crippen LogP contribution in [-0.4, -0.2) is 18.1 Å². The van der Waals surface area contributed by atoms with Crippen LogP contribution in [0.2, 0.25) is 0 Å². The van der Waals surface area contributed by atoms with Gasteiger partial charge in [-0.2, -0.15) is 0 Å². The number of quaternary nitrogens is 1. The summed E-state index contributed by atoms with van der Waals surface area (Å²) in [5.41, 5.74) is 5.24. The molecule has 1 aliphatic rings. The Bertz CT molecular complexity index is 975. The fourth-order valence-electron chi connectivity index (χ4n) is 4.27. The Balaban J connectivity index is 1.87. The summed E-state index contributed by atoms with van der Waals surface area (Å²) >= 11 is 0. The molecule has 26 heavy (non-hydrogen) atoms. The number of aromatic nitrogens is 1. The van der Waals surface area contributed by atoms with Gasteiger partial charge in [-0.1, -0.05) is 48.9 Å². The summed E-state index contributed by atoms with van der Waals surface area (Å²) in [5, 5.41) is 0.809. The quantitative estimate of drug-likeness (QED) is 0.749. The van der Waals surface area contributed by atoms with Gasteiger partial charge in [0.25, 0.3) is 0 Å². The zero-order chi connectivity index (χ0) is 18.1. The molecule has 2 unspecified atom stereocenters. The lowest BCUT2D eigenvalue weighted by Crippen LogP contribution is -3.12. The zero-order valence-corrected chi connectivity index (χ0v) is 15.6. The number of hydrogen-bond donors (Lipinski definition) is 2. The number of likely N-dealkylation sites (tertiary alicyclic amines) is 1. The van der Waals surface area contributed by atoms with Crippen LogP contribution in [0.3, 0.4) is 0 Å². The van der Waals surface area contributed by atoms with E-state index in [1.54, 1.807) is 0 Å². The minimum Gasteiger partial charge on any atom is -0.354 e. The van der Waals surface area contributed by atoms with Crippen molar-refractivity contribution in [2.24, 2.45) is 5.92 Å². The molecule has 3 nitrogen and oxygen atoms in total. The van der Waals surface area contributed by atoms with Gasteiger partial charge in [0.05, 0.1) is 24.3 Å². The Morgan fingerprint density at radius 3 is 2.73 bits per heavy atom. The Morgan fingerprint density at radius 2 is 1.96 bits per heavy atom. The SMILES string of the molecule is Cc1ccc2[nH]c(-c3ccccc3)c(C[NH+]3CCCC(C)C3)c(=O)c2c1. The molecule has 2 atom stereocenters. The van der Waals surface area contributed by atoms with Gasteiger partial charge in [-0.3, -0.25) is 4.79 Å². The van der Waals surface area contributed by atoms with Crippen LogP contribution in [0.4, 0.5) is 0 Å². The van der Waals surface area contributed by atoms with Crippen LogP contribution in [0.15, 0.2) is 53.3 Å². The maximum absolute atomic E-state index is 13.4. The van der Waals surface area contributed by atoms with Crippen LogP contribution >= 0.6 is 0 Å². The molecule has 3 aromatic rings. The average Bonchev–Trinajstić information content (AvgIpc) is 2.65. The van der Waals surface area contributed by atoms with Crippen molar-refractivity contribution in [3.05, 3.63) is 69.9 Å². The lowest BCUT2D eigenvalue weighted by molar-refractivity contribution is -0.922. The number of benzene rings is 2. The molecule has 0 spiro atoms. The highest BCUT2D eigenvalue weighted by atomic mass is 16.1. The van der Waals surface area contributed by atoms with Crippen molar-refractivity contribution in [2.75, 3.05) is 13.1 Å². The first-order valence-electron chi connectivity index (χ1n) is 9.66. The first-order valence-corrected chi connectivity index (χ1v) is 9.66. The van der Waals surface area contributed by atoms with E-state index in [0.717, 1.165) is 58.8 Å². The van der Waals surface area contributed by atoms with E-state index in [1.165, 1.54) is 17.7 Å². The molecule has 1 saturated heterocycles. The van der Waals surface area contributed by atoms with E-state index in [4.69, 9.17) is 0 Å². The third-order valence-corrected chi connectivity index (χ3v) is 5.61. The zero-order valence-electron chi connectivity index (χ0n) is 15.6. The number of fused-ring (bicyclic) bond motifs is 1. The molecule has 0 radical (unpaired) electrons. The van der Waals surface area contributed by atoms with Crippen LogP contribution in [0.5, 0.6) is 0 Å². The van der Waals surface area contributed by atoms with Gasteiger partial charge < -0.3 is 9.88 Å². The second-order valence-corrected chi connectivity index (χ2v) is 7.85. The average molecular weight is 347 g/mol. The maximum Gasteiger partial charge on any atom is 0.198 e. The van der Waals surface area contributed by atoms with Crippen LogP contribution < -0.4 is 10.3 Å². The second kappa shape index (κ2) is 7.08. The summed E-state index contributed by atoms with van der Waals surface area (Å²) in [5.74, 6) is 0.737. The number of H-pyrrole nitrogens is 1. The highest BCUT2D eigenvalue weighted by Gasteiger charge is 2.23. The summed E-state index contributed by atoms with van der Waals surface area (Å²) in [6, 6.07) is 16.4. The smallest absolute Gasteiger partial charge is 0.198 e. The highest BCUT2D eigenvalue weighted by molar-refractivity contribution is 5.83. The van der Waals surface area contributed by atoms with Crippen molar-refractivity contribution in [3.63, 3.8) is 0 Å². The third-order valence-electron chi connectivity index (χ3n) is 5.61. The maximum atomic E-state index is 13.4. The molecule has 1 aliphatic heterocycles. The number of aryl methyl sites for hydroxylation is 1. The first kappa shape index (κ1) is 17.0. The number of aromatic amines is 1. The summed E-state index contributed by atoms with van der Waals surface area (Å²) in [6.45, 7) is 7.48. The van der Waals surface area contributed by atoms with Gasteiger partial charge in [0.15, 0.2) is 5.43 Å². The summed E-state index contributed by atoms with van der Waals surface area (Å²) in [4.78, 5) is 18.5. The molecule has 1 fully saturated rings. The van der Waals surface area contributed by atoms with Crippen LogP contribution in [0, 0.1) is 12.8 Å². The molecule has 0 aliphatic carbocycles. The van der Waals surface area contributed by atoms with Gasteiger partial charge in [-0.25, -0.2) is 0 Å². The van der Waals surface area contributed by atoms with Crippen molar-refractivity contribution >= 4 is 10.9 Å². The van der Waals surface area contributed by atoms with Crippen LogP contribution in [-0.2, 0) is 6.54 Å². The second-order valence-electron chi connectivity index (χ2n) is 7.85. The van der Waals surface area contributed by atoms with Crippen LogP contribution in [0.25, 0.3) is 22.2 Å². The van der Waals surface area contributed by atoms with Crippen molar-refractivity contribution < 1.29 is 4.90 Å². The van der Waals surface area contributed by atoms with E-state index in [2.05, 4.69) is 30.1 Å². The molecule has 134 valence electrons. The largest absolute Gasteiger partial charge is 0.354 e. The monoisotopic (exact) mass is 347 g/mol. The van der Waals surface area contributed by atoms with Gasteiger partial charge in [0.1, 0.15) is 6.54 Å². The summed E-state index contributed by atoms with van der Waals surface area (Å²) in [7, 11) is 0.